The second-order valence-corrected chi connectivity index (χ2v) is 5.85. The summed E-state index contributed by atoms with van der Waals surface area (Å²) >= 11 is 1.92. The third kappa shape index (κ3) is 4.35. The smallest absolute Gasteiger partial charge is 0.221 e. The van der Waals surface area contributed by atoms with E-state index in [0.29, 0.717) is 19.0 Å². The van der Waals surface area contributed by atoms with Gasteiger partial charge in [-0.2, -0.15) is 11.8 Å². The van der Waals surface area contributed by atoms with Crippen LogP contribution in [0.5, 0.6) is 0 Å². The van der Waals surface area contributed by atoms with Crippen molar-refractivity contribution in [2.24, 2.45) is 0 Å². The van der Waals surface area contributed by atoms with Crippen LogP contribution < -0.4 is 10.6 Å². The number of carbonyl (C=O) groups excluding carboxylic acids is 1. The van der Waals surface area contributed by atoms with Crippen LogP contribution in [-0.2, 0) is 11.3 Å². The molecule has 2 rings (SSSR count). The molecule has 1 aliphatic rings. The standard InChI is InChI=1S/C14H20N2OS/c1-11-3-2-4-12(7-11)9-16-14(17)8-13-10-18-6-5-15-13/h2-4,7,13,15H,5-6,8-10H2,1H3,(H,16,17). The van der Waals surface area contributed by atoms with Gasteiger partial charge in [-0.05, 0) is 12.5 Å². The molecule has 0 aliphatic carbocycles. The summed E-state index contributed by atoms with van der Waals surface area (Å²) in [5.74, 6) is 2.33. The van der Waals surface area contributed by atoms with E-state index in [1.54, 1.807) is 0 Å². The lowest BCUT2D eigenvalue weighted by Gasteiger charge is -2.22. The zero-order chi connectivity index (χ0) is 12.8. The molecule has 1 atom stereocenters. The summed E-state index contributed by atoms with van der Waals surface area (Å²) in [6.07, 6.45) is 0.582. The fourth-order valence-electron chi connectivity index (χ4n) is 2.07. The molecule has 1 saturated heterocycles. The van der Waals surface area contributed by atoms with Crippen LogP contribution in [0, 0.1) is 6.92 Å². The lowest BCUT2D eigenvalue weighted by molar-refractivity contribution is -0.121. The number of hydrogen-bond donors (Lipinski definition) is 2. The number of aryl methyl sites for hydroxylation is 1. The van der Waals surface area contributed by atoms with Crippen molar-refractivity contribution in [2.45, 2.75) is 25.9 Å². The molecule has 1 amide bonds. The predicted octanol–water partition coefficient (Wildman–Crippen LogP) is 1.71. The Morgan fingerprint density at radius 3 is 3.17 bits per heavy atom. The summed E-state index contributed by atoms with van der Waals surface area (Å²) in [5, 5.41) is 6.36. The van der Waals surface area contributed by atoms with Gasteiger partial charge in [-0.1, -0.05) is 29.8 Å². The van der Waals surface area contributed by atoms with E-state index in [9.17, 15) is 4.79 Å². The average Bonchev–Trinajstić information content (AvgIpc) is 2.38. The van der Waals surface area contributed by atoms with Gasteiger partial charge in [0, 0.05) is 37.1 Å². The number of rotatable bonds is 4. The molecular formula is C14H20N2OS. The minimum Gasteiger partial charge on any atom is -0.352 e. The molecule has 1 unspecified atom stereocenters. The molecular weight excluding hydrogens is 244 g/mol. The van der Waals surface area contributed by atoms with Crippen LogP contribution in [0.2, 0.25) is 0 Å². The maximum atomic E-state index is 11.8. The van der Waals surface area contributed by atoms with Crippen molar-refractivity contribution in [2.75, 3.05) is 18.1 Å². The molecule has 4 heteroatoms. The Bertz CT molecular complexity index is 403. The fourth-order valence-corrected chi connectivity index (χ4v) is 3.02. The lowest BCUT2D eigenvalue weighted by atomic mass is 10.1. The third-order valence-corrected chi connectivity index (χ3v) is 4.13. The van der Waals surface area contributed by atoms with Crippen molar-refractivity contribution in [1.82, 2.24) is 10.6 Å². The Balaban J connectivity index is 1.74. The monoisotopic (exact) mass is 264 g/mol. The number of thioether (sulfide) groups is 1. The second-order valence-electron chi connectivity index (χ2n) is 4.70. The summed E-state index contributed by atoms with van der Waals surface area (Å²) in [7, 11) is 0. The van der Waals surface area contributed by atoms with Gasteiger partial charge in [0.25, 0.3) is 0 Å². The Morgan fingerprint density at radius 2 is 2.44 bits per heavy atom. The van der Waals surface area contributed by atoms with Gasteiger partial charge in [0.15, 0.2) is 0 Å². The second kappa shape index (κ2) is 6.81. The molecule has 3 nitrogen and oxygen atoms in total. The van der Waals surface area contributed by atoms with Crippen molar-refractivity contribution in [3.8, 4) is 0 Å². The molecule has 0 aromatic heterocycles. The molecule has 0 spiro atoms. The summed E-state index contributed by atoms with van der Waals surface area (Å²) < 4.78 is 0. The van der Waals surface area contributed by atoms with Gasteiger partial charge in [-0.15, -0.1) is 0 Å². The molecule has 98 valence electrons. The van der Waals surface area contributed by atoms with E-state index in [4.69, 9.17) is 0 Å². The van der Waals surface area contributed by atoms with Crippen molar-refractivity contribution < 1.29 is 4.79 Å². The Hall–Kier alpha value is -1.00. The van der Waals surface area contributed by atoms with Gasteiger partial charge in [0.05, 0.1) is 0 Å². The van der Waals surface area contributed by atoms with Crippen molar-refractivity contribution in [3.05, 3.63) is 35.4 Å². The van der Waals surface area contributed by atoms with E-state index in [0.717, 1.165) is 23.6 Å². The SMILES string of the molecule is Cc1cccc(CNC(=O)CC2CSCCN2)c1. The van der Waals surface area contributed by atoms with Crippen LogP contribution in [0.1, 0.15) is 17.5 Å². The molecule has 18 heavy (non-hydrogen) atoms. The Morgan fingerprint density at radius 1 is 1.56 bits per heavy atom. The number of amides is 1. The molecule has 0 saturated carbocycles. The fraction of sp³-hybridized carbons (Fsp3) is 0.500. The summed E-state index contributed by atoms with van der Waals surface area (Å²) in [5.41, 5.74) is 2.39. The van der Waals surface area contributed by atoms with Gasteiger partial charge in [0.1, 0.15) is 0 Å². The normalized spacial score (nSPS) is 19.5. The van der Waals surface area contributed by atoms with Crippen molar-refractivity contribution in [3.63, 3.8) is 0 Å². The summed E-state index contributed by atoms with van der Waals surface area (Å²) in [6, 6.07) is 8.57. The van der Waals surface area contributed by atoms with E-state index in [2.05, 4.69) is 29.7 Å². The van der Waals surface area contributed by atoms with Crippen LogP contribution in [0.25, 0.3) is 0 Å². The highest BCUT2D eigenvalue weighted by molar-refractivity contribution is 7.99. The summed E-state index contributed by atoms with van der Waals surface area (Å²) in [6.45, 7) is 3.70. The maximum Gasteiger partial charge on any atom is 0.221 e. The van der Waals surface area contributed by atoms with Crippen LogP contribution in [0.15, 0.2) is 24.3 Å². The van der Waals surface area contributed by atoms with Gasteiger partial charge in [-0.25, -0.2) is 0 Å². The van der Waals surface area contributed by atoms with Crippen LogP contribution in [0.4, 0.5) is 0 Å². The third-order valence-electron chi connectivity index (χ3n) is 3.00. The predicted molar refractivity (Wildman–Crippen MR) is 76.8 cm³/mol. The first kappa shape index (κ1) is 13.4. The molecule has 1 heterocycles. The quantitative estimate of drug-likeness (QED) is 0.870. The Kier molecular flexibility index (Phi) is 5.08. The first-order valence-corrected chi connectivity index (χ1v) is 7.53. The van der Waals surface area contributed by atoms with E-state index in [1.807, 2.05) is 23.9 Å². The van der Waals surface area contributed by atoms with E-state index >= 15 is 0 Å². The molecule has 1 aromatic rings. The number of benzene rings is 1. The van der Waals surface area contributed by atoms with E-state index in [-0.39, 0.29) is 5.91 Å². The highest BCUT2D eigenvalue weighted by atomic mass is 32.2. The zero-order valence-electron chi connectivity index (χ0n) is 10.7. The molecule has 1 aromatic carbocycles. The highest BCUT2D eigenvalue weighted by Gasteiger charge is 2.16. The molecule has 1 aliphatic heterocycles. The van der Waals surface area contributed by atoms with E-state index in [1.165, 1.54) is 5.56 Å². The van der Waals surface area contributed by atoms with Crippen LogP contribution >= 0.6 is 11.8 Å². The van der Waals surface area contributed by atoms with Gasteiger partial charge < -0.3 is 10.6 Å². The number of carbonyl (C=O) groups is 1. The van der Waals surface area contributed by atoms with Gasteiger partial charge >= 0.3 is 0 Å². The minimum absolute atomic E-state index is 0.136. The Labute approximate surface area is 113 Å². The molecule has 1 fully saturated rings. The van der Waals surface area contributed by atoms with Crippen molar-refractivity contribution >= 4 is 17.7 Å². The topological polar surface area (TPSA) is 41.1 Å². The lowest BCUT2D eigenvalue weighted by Crippen LogP contribution is -2.41. The minimum atomic E-state index is 0.136. The average molecular weight is 264 g/mol. The number of nitrogens with one attached hydrogen (secondary N) is 2. The number of hydrogen-bond acceptors (Lipinski definition) is 3. The van der Waals surface area contributed by atoms with Crippen LogP contribution in [0.3, 0.4) is 0 Å². The van der Waals surface area contributed by atoms with E-state index < -0.39 is 0 Å². The largest absolute Gasteiger partial charge is 0.352 e. The maximum absolute atomic E-state index is 11.8. The summed E-state index contributed by atoms with van der Waals surface area (Å²) in [4.78, 5) is 11.8. The van der Waals surface area contributed by atoms with Gasteiger partial charge in [-0.3, -0.25) is 4.79 Å². The van der Waals surface area contributed by atoms with Gasteiger partial charge in [0.2, 0.25) is 5.91 Å². The zero-order valence-corrected chi connectivity index (χ0v) is 11.6. The van der Waals surface area contributed by atoms with Crippen LogP contribution in [-0.4, -0.2) is 30.0 Å². The first-order valence-electron chi connectivity index (χ1n) is 6.37. The first-order chi connectivity index (χ1) is 8.74. The van der Waals surface area contributed by atoms with Crippen molar-refractivity contribution in [1.29, 1.82) is 0 Å². The molecule has 2 N–H and O–H groups in total. The highest BCUT2D eigenvalue weighted by Crippen LogP contribution is 2.10. The molecule has 0 bridgehead atoms. The molecule has 0 radical (unpaired) electrons.